The fraction of sp³-hybridized carbons (Fsp3) is 0.792. The van der Waals surface area contributed by atoms with Crippen LogP contribution in [0, 0.1) is 0 Å². The first-order valence-corrected chi connectivity index (χ1v) is 11.4. The zero-order valence-corrected chi connectivity index (χ0v) is 17.3. The normalized spacial score (nSPS) is 11.1. The molecule has 144 valence electrons. The van der Waals surface area contributed by atoms with Crippen LogP contribution in [0.2, 0.25) is 0 Å². The maximum Gasteiger partial charge on any atom is 0.181 e. The molecule has 0 fully saturated rings. The lowest BCUT2D eigenvalue weighted by Gasteiger charge is -2.05. The molecule has 25 heavy (non-hydrogen) atoms. The third-order valence-electron chi connectivity index (χ3n) is 5.32. The topological polar surface area (TPSA) is 3.88 Å². The van der Waals surface area contributed by atoms with Crippen LogP contribution in [-0.2, 0) is 13.0 Å². The summed E-state index contributed by atoms with van der Waals surface area (Å²) in [6.07, 6.45) is 24.7. The first-order valence-electron chi connectivity index (χ1n) is 11.4. The predicted octanol–water partition coefficient (Wildman–Crippen LogP) is 7.41. The molecule has 1 heteroatoms. The average molecular weight is 347 g/mol. The van der Waals surface area contributed by atoms with Crippen molar-refractivity contribution in [3.63, 3.8) is 0 Å². The Morgan fingerprint density at radius 3 is 1.72 bits per heavy atom. The highest BCUT2D eigenvalue weighted by molar-refractivity contribution is 4.97. The summed E-state index contributed by atoms with van der Waals surface area (Å²) in [6, 6.07) is 6.70. The number of pyridine rings is 1. The Balaban J connectivity index is 1.99. The molecule has 0 saturated heterocycles. The van der Waals surface area contributed by atoms with Gasteiger partial charge in [-0.1, -0.05) is 97.0 Å². The molecule has 0 aromatic carbocycles. The van der Waals surface area contributed by atoms with Crippen LogP contribution in [0.1, 0.15) is 116 Å². The van der Waals surface area contributed by atoms with Gasteiger partial charge >= 0.3 is 0 Å². The molecule has 1 aromatic heterocycles. The Morgan fingerprint density at radius 1 is 0.600 bits per heavy atom. The summed E-state index contributed by atoms with van der Waals surface area (Å²) in [5, 5.41) is 0. The van der Waals surface area contributed by atoms with Gasteiger partial charge in [-0.2, -0.15) is 0 Å². The molecule has 0 aliphatic carbocycles. The summed E-state index contributed by atoms with van der Waals surface area (Å²) in [4.78, 5) is 0. The van der Waals surface area contributed by atoms with Gasteiger partial charge in [0.1, 0.15) is 6.54 Å². The second-order valence-electron chi connectivity index (χ2n) is 7.73. The quantitative estimate of drug-likeness (QED) is 0.204. The smallest absolute Gasteiger partial charge is 0.181 e. The Hall–Kier alpha value is -0.850. The molecular formula is C24H44N+. The number of nitrogens with zero attached hydrogens (tertiary/aromatic N) is 1. The van der Waals surface area contributed by atoms with Gasteiger partial charge in [-0.15, -0.1) is 0 Å². The van der Waals surface area contributed by atoms with E-state index in [9.17, 15) is 0 Å². The SMILES string of the molecule is CCCCCCCCCCCCCCc1cccc[n+]1CCCCC. The molecule has 0 spiro atoms. The van der Waals surface area contributed by atoms with Crippen LogP contribution < -0.4 is 4.57 Å². The average Bonchev–Trinajstić information content (AvgIpc) is 2.64. The van der Waals surface area contributed by atoms with Gasteiger partial charge in [-0.3, -0.25) is 0 Å². The van der Waals surface area contributed by atoms with Crippen LogP contribution in [0.3, 0.4) is 0 Å². The van der Waals surface area contributed by atoms with Crippen molar-refractivity contribution in [3.05, 3.63) is 30.1 Å². The first-order chi connectivity index (χ1) is 12.4. The van der Waals surface area contributed by atoms with Crippen molar-refractivity contribution in [2.45, 2.75) is 123 Å². The Bertz CT molecular complexity index is 399. The summed E-state index contributed by atoms with van der Waals surface area (Å²) < 4.78 is 2.48. The molecule has 0 atom stereocenters. The molecule has 1 nitrogen and oxygen atoms in total. The lowest BCUT2D eigenvalue weighted by Crippen LogP contribution is -2.37. The fourth-order valence-corrected chi connectivity index (χ4v) is 3.64. The highest BCUT2D eigenvalue weighted by atomic mass is 14.9. The van der Waals surface area contributed by atoms with E-state index >= 15 is 0 Å². The van der Waals surface area contributed by atoms with Crippen LogP contribution >= 0.6 is 0 Å². The maximum absolute atomic E-state index is 2.48. The second kappa shape index (κ2) is 16.6. The van der Waals surface area contributed by atoms with Crippen molar-refractivity contribution in [3.8, 4) is 0 Å². The standard InChI is InChI=1S/C24H44N/c1-3-5-7-8-9-10-11-12-13-14-15-16-20-24-21-17-19-23-25(24)22-18-6-4-2/h17,19,21,23H,3-16,18,20,22H2,1-2H3/q+1. The summed E-state index contributed by atoms with van der Waals surface area (Å²) in [5.74, 6) is 0. The lowest BCUT2D eigenvalue weighted by molar-refractivity contribution is -0.704. The van der Waals surface area contributed by atoms with Gasteiger partial charge in [-0.25, -0.2) is 4.57 Å². The number of aromatic nitrogens is 1. The molecule has 1 rings (SSSR count). The number of aryl methyl sites for hydroxylation is 2. The molecule has 0 amide bonds. The molecule has 0 saturated carbocycles. The van der Waals surface area contributed by atoms with E-state index in [2.05, 4.69) is 42.8 Å². The van der Waals surface area contributed by atoms with Crippen LogP contribution in [0.15, 0.2) is 24.4 Å². The van der Waals surface area contributed by atoms with E-state index in [0.717, 1.165) is 0 Å². The number of hydrogen-bond acceptors (Lipinski definition) is 0. The zero-order chi connectivity index (χ0) is 18.0. The third kappa shape index (κ3) is 12.2. The summed E-state index contributed by atoms with van der Waals surface area (Å²) in [6.45, 7) is 5.77. The van der Waals surface area contributed by atoms with Crippen LogP contribution in [-0.4, -0.2) is 0 Å². The van der Waals surface area contributed by atoms with E-state index in [-0.39, 0.29) is 0 Å². The molecule has 1 aromatic rings. The second-order valence-corrected chi connectivity index (χ2v) is 7.73. The molecule has 0 N–H and O–H groups in total. The molecule has 0 unspecified atom stereocenters. The van der Waals surface area contributed by atoms with Gasteiger partial charge in [0.05, 0.1) is 0 Å². The van der Waals surface area contributed by atoms with Crippen molar-refractivity contribution in [2.24, 2.45) is 0 Å². The molecular weight excluding hydrogens is 302 g/mol. The van der Waals surface area contributed by atoms with Gasteiger partial charge in [0.15, 0.2) is 11.9 Å². The Labute approximate surface area is 158 Å². The van der Waals surface area contributed by atoms with Crippen molar-refractivity contribution in [2.75, 3.05) is 0 Å². The van der Waals surface area contributed by atoms with Gasteiger partial charge in [-0.05, 0) is 12.8 Å². The van der Waals surface area contributed by atoms with Crippen molar-refractivity contribution in [1.29, 1.82) is 0 Å². The Morgan fingerprint density at radius 2 is 1.12 bits per heavy atom. The van der Waals surface area contributed by atoms with Gasteiger partial charge < -0.3 is 0 Å². The van der Waals surface area contributed by atoms with E-state index in [1.54, 1.807) is 0 Å². The van der Waals surface area contributed by atoms with Crippen LogP contribution in [0.4, 0.5) is 0 Å². The molecule has 0 aliphatic heterocycles. The van der Waals surface area contributed by atoms with E-state index in [1.807, 2.05) is 0 Å². The fourth-order valence-electron chi connectivity index (χ4n) is 3.64. The minimum absolute atomic E-state index is 1.20. The summed E-state index contributed by atoms with van der Waals surface area (Å²) in [7, 11) is 0. The third-order valence-corrected chi connectivity index (χ3v) is 5.32. The van der Waals surface area contributed by atoms with Gasteiger partial charge in [0.2, 0.25) is 0 Å². The predicted molar refractivity (Wildman–Crippen MR) is 111 cm³/mol. The lowest BCUT2D eigenvalue weighted by atomic mass is 10.0. The Kier molecular flexibility index (Phi) is 14.7. The van der Waals surface area contributed by atoms with Crippen LogP contribution in [0.25, 0.3) is 0 Å². The van der Waals surface area contributed by atoms with E-state index < -0.39 is 0 Å². The molecule has 1 heterocycles. The highest BCUT2D eigenvalue weighted by Crippen LogP contribution is 2.12. The number of hydrogen-bond donors (Lipinski definition) is 0. The zero-order valence-electron chi connectivity index (χ0n) is 17.3. The highest BCUT2D eigenvalue weighted by Gasteiger charge is 2.08. The molecule has 0 bridgehead atoms. The molecule has 0 radical (unpaired) electrons. The van der Waals surface area contributed by atoms with Crippen molar-refractivity contribution < 1.29 is 4.57 Å². The minimum atomic E-state index is 1.20. The largest absolute Gasteiger partial charge is 0.202 e. The summed E-state index contributed by atoms with van der Waals surface area (Å²) >= 11 is 0. The molecule has 0 aliphatic rings. The number of unbranched alkanes of at least 4 members (excludes halogenated alkanes) is 13. The summed E-state index contributed by atoms with van der Waals surface area (Å²) in [5.41, 5.74) is 1.53. The monoisotopic (exact) mass is 346 g/mol. The van der Waals surface area contributed by atoms with E-state index in [0.29, 0.717) is 0 Å². The van der Waals surface area contributed by atoms with E-state index in [1.165, 1.54) is 115 Å². The first kappa shape index (κ1) is 22.2. The van der Waals surface area contributed by atoms with Crippen molar-refractivity contribution in [1.82, 2.24) is 0 Å². The maximum atomic E-state index is 2.48. The van der Waals surface area contributed by atoms with Crippen LogP contribution in [0.5, 0.6) is 0 Å². The van der Waals surface area contributed by atoms with Gasteiger partial charge in [0, 0.05) is 25.0 Å². The van der Waals surface area contributed by atoms with Gasteiger partial charge in [0.25, 0.3) is 0 Å². The number of rotatable bonds is 17. The van der Waals surface area contributed by atoms with E-state index in [4.69, 9.17) is 0 Å². The van der Waals surface area contributed by atoms with Crippen molar-refractivity contribution >= 4 is 0 Å². The minimum Gasteiger partial charge on any atom is -0.202 e.